The summed E-state index contributed by atoms with van der Waals surface area (Å²) in [5.41, 5.74) is 5.56. The number of rotatable bonds is 8. The second-order valence-corrected chi connectivity index (χ2v) is 10.9. The molecule has 8 nitrogen and oxygen atoms in total. The molecule has 0 spiro atoms. The Labute approximate surface area is 223 Å². The molecule has 2 N–H and O–H groups in total. The molecule has 8 heteroatoms. The number of nitrogens with one attached hydrogen (secondary N) is 2. The molecule has 1 fully saturated rings. The average Bonchev–Trinajstić information content (AvgIpc) is 3.61. The molecule has 2 heterocycles. The van der Waals surface area contributed by atoms with Crippen LogP contribution in [0.15, 0.2) is 60.9 Å². The quantitative estimate of drug-likeness (QED) is 0.301. The minimum atomic E-state index is -0.233. The molecule has 1 amide bonds. The Bertz CT molecular complexity index is 1450. The SMILES string of the molecule is COc1ccc(C(C)(C)C)cc1C(=O)Nc1ccc(C)c(-n2cc(-c3ccc(NCC4CC4)nc3)nn2)c1. The second kappa shape index (κ2) is 10.3. The lowest BCUT2D eigenvalue weighted by Crippen LogP contribution is -2.17. The molecule has 0 atom stereocenters. The molecule has 5 rings (SSSR count). The maximum Gasteiger partial charge on any atom is 0.259 e. The van der Waals surface area contributed by atoms with Gasteiger partial charge in [-0.3, -0.25) is 4.79 Å². The van der Waals surface area contributed by atoms with Crippen LogP contribution in [0.2, 0.25) is 0 Å². The van der Waals surface area contributed by atoms with Gasteiger partial charge in [0.05, 0.1) is 24.6 Å². The van der Waals surface area contributed by atoms with Crippen molar-refractivity contribution in [2.75, 3.05) is 24.3 Å². The van der Waals surface area contributed by atoms with Crippen LogP contribution in [0, 0.1) is 12.8 Å². The summed E-state index contributed by atoms with van der Waals surface area (Å²) in [7, 11) is 1.57. The topological polar surface area (TPSA) is 94.0 Å². The smallest absolute Gasteiger partial charge is 0.259 e. The number of hydrogen-bond donors (Lipinski definition) is 2. The van der Waals surface area contributed by atoms with E-state index < -0.39 is 0 Å². The highest BCUT2D eigenvalue weighted by Gasteiger charge is 2.21. The first-order valence-electron chi connectivity index (χ1n) is 12.9. The monoisotopic (exact) mass is 510 g/mol. The van der Waals surface area contributed by atoms with Crippen molar-refractivity contribution in [3.05, 3.63) is 77.6 Å². The molecule has 0 radical (unpaired) electrons. The van der Waals surface area contributed by atoms with Gasteiger partial charge in [-0.25, -0.2) is 9.67 Å². The van der Waals surface area contributed by atoms with Gasteiger partial charge in [-0.2, -0.15) is 0 Å². The third-order valence-corrected chi connectivity index (χ3v) is 6.85. The number of benzene rings is 2. The van der Waals surface area contributed by atoms with E-state index in [1.54, 1.807) is 11.8 Å². The Morgan fingerprint density at radius 2 is 1.92 bits per heavy atom. The van der Waals surface area contributed by atoms with Gasteiger partial charge in [0.2, 0.25) is 0 Å². The summed E-state index contributed by atoms with van der Waals surface area (Å²) in [5.74, 6) is 1.96. The fourth-order valence-electron chi connectivity index (χ4n) is 4.22. The minimum absolute atomic E-state index is 0.0912. The molecule has 0 bridgehead atoms. The third kappa shape index (κ3) is 5.69. The van der Waals surface area contributed by atoms with E-state index in [4.69, 9.17) is 4.74 Å². The molecule has 1 aliphatic rings. The van der Waals surface area contributed by atoms with Gasteiger partial charge in [0.1, 0.15) is 17.3 Å². The van der Waals surface area contributed by atoms with Crippen molar-refractivity contribution in [3.63, 3.8) is 0 Å². The van der Waals surface area contributed by atoms with E-state index in [0.29, 0.717) is 17.0 Å². The zero-order chi connectivity index (χ0) is 26.9. The standard InChI is InChI=1S/C30H34N6O2/c1-19-6-11-23(33-29(37)24-14-22(30(2,3)4)10-12-27(24)38-5)15-26(19)36-18-25(34-35-36)21-9-13-28(32-17-21)31-16-20-7-8-20/h6,9-15,17-18,20H,7-8,16H2,1-5H3,(H,31,32)(H,33,37). The van der Waals surface area contributed by atoms with E-state index in [-0.39, 0.29) is 11.3 Å². The molecule has 1 aliphatic carbocycles. The first-order valence-corrected chi connectivity index (χ1v) is 12.9. The van der Waals surface area contributed by atoms with Crippen molar-refractivity contribution in [1.29, 1.82) is 0 Å². The van der Waals surface area contributed by atoms with Gasteiger partial charge >= 0.3 is 0 Å². The predicted molar refractivity (Wildman–Crippen MR) is 150 cm³/mol. The summed E-state index contributed by atoms with van der Waals surface area (Å²) in [6, 6.07) is 15.4. The minimum Gasteiger partial charge on any atom is -0.496 e. The Kier molecular flexibility index (Phi) is 6.89. The van der Waals surface area contributed by atoms with E-state index in [1.807, 2.05) is 67.8 Å². The second-order valence-electron chi connectivity index (χ2n) is 10.9. The van der Waals surface area contributed by atoms with Crippen molar-refractivity contribution < 1.29 is 9.53 Å². The Morgan fingerprint density at radius 3 is 2.61 bits per heavy atom. The maximum absolute atomic E-state index is 13.3. The number of hydrogen-bond acceptors (Lipinski definition) is 6. The molecule has 0 saturated heterocycles. The number of ether oxygens (including phenoxy) is 1. The van der Waals surface area contributed by atoms with Crippen LogP contribution in [0.5, 0.6) is 5.75 Å². The molecule has 196 valence electrons. The molecule has 2 aromatic carbocycles. The van der Waals surface area contributed by atoms with Crippen LogP contribution in [0.25, 0.3) is 16.9 Å². The van der Waals surface area contributed by atoms with Crippen LogP contribution in [0.3, 0.4) is 0 Å². The molecular formula is C30H34N6O2. The van der Waals surface area contributed by atoms with Crippen LogP contribution in [-0.2, 0) is 5.41 Å². The Morgan fingerprint density at radius 1 is 1.11 bits per heavy atom. The highest BCUT2D eigenvalue weighted by atomic mass is 16.5. The normalized spacial score (nSPS) is 13.3. The molecular weight excluding hydrogens is 476 g/mol. The molecule has 38 heavy (non-hydrogen) atoms. The lowest BCUT2D eigenvalue weighted by Gasteiger charge is -2.21. The van der Waals surface area contributed by atoms with Gasteiger partial charge in [-0.05, 0) is 78.6 Å². The molecule has 2 aromatic heterocycles. The van der Waals surface area contributed by atoms with Gasteiger partial charge in [-0.1, -0.05) is 38.1 Å². The average molecular weight is 511 g/mol. The van der Waals surface area contributed by atoms with Gasteiger partial charge in [0.15, 0.2) is 0 Å². The van der Waals surface area contributed by atoms with E-state index >= 15 is 0 Å². The van der Waals surface area contributed by atoms with Crippen molar-refractivity contribution in [1.82, 2.24) is 20.0 Å². The summed E-state index contributed by atoms with van der Waals surface area (Å²) in [6.07, 6.45) is 6.29. The molecule has 0 aliphatic heterocycles. The fourth-order valence-corrected chi connectivity index (χ4v) is 4.22. The first kappa shape index (κ1) is 25.4. The predicted octanol–water partition coefficient (Wildman–Crippen LogP) is 6.02. The summed E-state index contributed by atoms with van der Waals surface area (Å²) in [5, 5.41) is 15.1. The van der Waals surface area contributed by atoms with E-state index in [0.717, 1.165) is 46.4 Å². The number of aromatic nitrogens is 4. The largest absolute Gasteiger partial charge is 0.496 e. The lowest BCUT2D eigenvalue weighted by molar-refractivity contribution is 0.102. The molecule has 0 unspecified atom stereocenters. The van der Waals surface area contributed by atoms with Crippen LogP contribution >= 0.6 is 0 Å². The van der Waals surface area contributed by atoms with Gasteiger partial charge < -0.3 is 15.4 Å². The van der Waals surface area contributed by atoms with Crippen LogP contribution in [-0.4, -0.2) is 39.5 Å². The lowest BCUT2D eigenvalue weighted by atomic mass is 9.86. The summed E-state index contributed by atoms with van der Waals surface area (Å²) in [6.45, 7) is 9.33. The Balaban J connectivity index is 1.35. The highest BCUT2D eigenvalue weighted by molar-refractivity contribution is 6.06. The summed E-state index contributed by atoms with van der Waals surface area (Å²) >= 11 is 0. The number of amides is 1. The first-order chi connectivity index (χ1) is 18.2. The van der Waals surface area contributed by atoms with E-state index in [9.17, 15) is 4.79 Å². The van der Waals surface area contributed by atoms with Crippen LogP contribution in [0.1, 0.15) is 55.1 Å². The van der Waals surface area contributed by atoms with Crippen LogP contribution in [0.4, 0.5) is 11.5 Å². The Hall–Kier alpha value is -4.20. The molecule has 4 aromatic rings. The number of nitrogens with zero attached hydrogens (tertiary/aromatic N) is 4. The number of carbonyl (C=O) groups is 1. The molecule has 1 saturated carbocycles. The number of pyridine rings is 1. The van der Waals surface area contributed by atoms with Gasteiger partial charge in [0, 0.05) is 24.0 Å². The highest BCUT2D eigenvalue weighted by Crippen LogP contribution is 2.30. The third-order valence-electron chi connectivity index (χ3n) is 6.85. The van der Waals surface area contributed by atoms with E-state index in [2.05, 4.69) is 46.7 Å². The zero-order valence-corrected chi connectivity index (χ0v) is 22.6. The fraction of sp³-hybridized carbons (Fsp3) is 0.333. The van der Waals surface area contributed by atoms with Crippen molar-refractivity contribution >= 4 is 17.4 Å². The number of methoxy groups -OCH3 is 1. The number of anilines is 2. The number of aryl methyl sites for hydroxylation is 1. The van der Waals surface area contributed by atoms with Crippen LogP contribution < -0.4 is 15.4 Å². The zero-order valence-electron chi connectivity index (χ0n) is 22.6. The maximum atomic E-state index is 13.3. The van der Waals surface area contributed by atoms with Crippen molar-refractivity contribution in [2.45, 2.75) is 46.0 Å². The van der Waals surface area contributed by atoms with Gasteiger partial charge in [-0.15, -0.1) is 5.10 Å². The summed E-state index contributed by atoms with van der Waals surface area (Å²) in [4.78, 5) is 17.8. The van der Waals surface area contributed by atoms with Crippen molar-refractivity contribution in [3.8, 4) is 22.7 Å². The van der Waals surface area contributed by atoms with Gasteiger partial charge in [0.25, 0.3) is 5.91 Å². The van der Waals surface area contributed by atoms with Crippen molar-refractivity contribution in [2.24, 2.45) is 5.92 Å². The number of carbonyl (C=O) groups excluding carboxylic acids is 1. The van der Waals surface area contributed by atoms with E-state index in [1.165, 1.54) is 12.8 Å². The summed E-state index contributed by atoms with van der Waals surface area (Å²) < 4.78 is 7.19.